The van der Waals surface area contributed by atoms with Crippen molar-refractivity contribution < 1.29 is 19.7 Å². The average molecular weight is 235 g/mol. The number of hydrogen-bond acceptors (Lipinski definition) is 4. The fourth-order valence-corrected chi connectivity index (χ4v) is 0.704. The van der Waals surface area contributed by atoms with Crippen LogP contribution < -0.4 is 0 Å². The van der Waals surface area contributed by atoms with E-state index in [0.717, 1.165) is 5.56 Å². The van der Waals surface area contributed by atoms with Gasteiger partial charge in [-0.3, -0.25) is 9.78 Å². The summed E-state index contributed by atoms with van der Waals surface area (Å²) in [5.41, 5.74) is 0.731. The predicted molar refractivity (Wildman–Crippen MR) is 63.1 cm³/mol. The van der Waals surface area contributed by atoms with Crippen molar-refractivity contribution in [2.45, 2.75) is 20.3 Å². The van der Waals surface area contributed by atoms with E-state index >= 15 is 0 Å². The van der Waals surface area contributed by atoms with E-state index in [0.29, 0.717) is 7.15 Å². The summed E-state index contributed by atoms with van der Waals surface area (Å²) in [4.78, 5) is 13.9. The van der Waals surface area contributed by atoms with Crippen LogP contribution in [0, 0.1) is 11.9 Å². The van der Waals surface area contributed by atoms with E-state index in [1.165, 1.54) is 6.11 Å². The van der Waals surface area contributed by atoms with Crippen molar-refractivity contribution in [1.29, 1.82) is 0 Å². The summed E-state index contributed by atoms with van der Waals surface area (Å²) in [6.07, 6.45) is 4.61. The summed E-state index contributed by atoms with van der Waals surface area (Å²) >= 11 is 0. The van der Waals surface area contributed by atoms with Gasteiger partial charge in [0, 0.05) is 12.4 Å². The predicted octanol–water partition coefficient (Wildman–Crippen LogP) is 1.06. The van der Waals surface area contributed by atoms with E-state index < -0.39 is 5.97 Å². The molecule has 0 fully saturated rings. The molecule has 5 nitrogen and oxygen atoms in total. The quantitative estimate of drug-likeness (QED) is 0.591. The van der Waals surface area contributed by atoms with Gasteiger partial charge >= 0.3 is 34.9 Å². The van der Waals surface area contributed by atoms with Gasteiger partial charge in [0.1, 0.15) is 0 Å². The van der Waals surface area contributed by atoms with Crippen LogP contribution in [0.3, 0.4) is 0 Å². The molecule has 0 atom stereocenters. The van der Waals surface area contributed by atoms with E-state index in [-0.39, 0.29) is 6.42 Å². The molecule has 0 aromatic carbocycles. The molecule has 17 heavy (non-hydrogen) atoms. The summed E-state index contributed by atoms with van der Waals surface area (Å²) in [6, 6.07) is 3.46. The standard InChI is InChI=1S/C7H7NO2.C2HBO2.C2H6/c9-7(10)4-6-2-1-3-8-5-6;4-2-1-3-5;1-2/h1-3,5H,4H2,(H,9,10);4H;1-2H3. The van der Waals surface area contributed by atoms with Gasteiger partial charge in [0.15, 0.2) is 0 Å². The molecular formula is C11H14BNO4. The van der Waals surface area contributed by atoms with Gasteiger partial charge in [-0.05, 0) is 11.6 Å². The number of aliphatic hydroxyl groups is 1. The molecule has 1 aromatic rings. The van der Waals surface area contributed by atoms with Crippen LogP contribution >= 0.6 is 0 Å². The Kier molecular flexibility index (Phi) is 14.0. The minimum Gasteiger partial charge on any atom is -0.481 e. The van der Waals surface area contributed by atoms with Gasteiger partial charge in [0.05, 0.1) is 6.42 Å². The average Bonchev–Trinajstić information content (AvgIpc) is 2.34. The fraction of sp³-hybridized carbons (Fsp3) is 0.273. The van der Waals surface area contributed by atoms with Gasteiger partial charge in [-0.25, -0.2) is 0 Å². The Morgan fingerprint density at radius 2 is 2.18 bits per heavy atom. The molecule has 1 aromatic heterocycles. The number of carboxylic acids is 1. The molecule has 6 heteroatoms. The summed E-state index contributed by atoms with van der Waals surface area (Å²) in [5.74, 6) is 0.910. The normalized spacial score (nSPS) is 6.71. The Balaban J connectivity index is 0. The number of nitrogens with zero attached hydrogens (tertiary/aromatic N) is 1. The minimum absolute atomic E-state index is 0.0494. The van der Waals surface area contributed by atoms with Crippen LogP contribution in [-0.2, 0) is 15.9 Å². The first-order chi connectivity index (χ1) is 8.20. The molecule has 0 saturated carbocycles. The Morgan fingerprint density at radius 3 is 2.47 bits per heavy atom. The molecule has 1 heterocycles. The van der Waals surface area contributed by atoms with Crippen molar-refractivity contribution in [3.05, 3.63) is 30.1 Å². The molecule has 0 bridgehead atoms. The second-order valence-electron chi connectivity index (χ2n) is 2.31. The zero-order valence-electron chi connectivity index (χ0n) is 9.75. The molecule has 2 N–H and O–H groups in total. The van der Waals surface area contributed by atoms with Crippen molar-refractivity contribution in [1.82, 2.24) is 4.98 Å². The Hall–Kier alpha value is -2.16. The third-order valence-corrected chi connectivity index (χ3v) is 1.20. The molecule has 0 aliphatic carbocycles. The van der Waals surface area contributed by atoms with E-state index in [4.69, 9.17) is 14.9 Å². The molecular weight excluding hydrogens is 221 g/mol. The number of pyridine rings is 1. The maximum Gasteiger partial charge on any atom is 0.307 e. The first-order valence-electron chi connectivity index (χ1n) is 4.89. The molecule has 1 rings (SSSR count). The Labute approximate surface area is 101 Å². The van der Waals surface area contributed by atoms with E-state index in [9.17, 15) is 4.79 Å². The number of aromatic nitrogens is 1. The first-order valence-corrected chi connectivity index (χ1v) is 4.89. The van der Waals surface area contributed by atoms with Crippen molar-refractivity contribution in [3.8, 4) is 11.9 Å². The van der Waals surface area contributed by atoms with Crippen LogP contribution in [0.25, 0.3) is 0 Å². The third kappa shape index (κ3) is 13.8. The van der Waals surface area contributed by atoms with E-state index in [2.05, 4.69) is 4.98 Å². The van der Waals surface area contributed by atoms with Crippen LogP contribution in [0.1, 0.15) is 19.4 Å². The maximum atomic E-state index is 10.1. The van der Waals surface area contributed by atoms with Crippen LogP contribution in [0.15, 0.2) is 24.5 Å². The Morgan fingerprint density at radius 1 is 1.53 bits per heavy atom. The van der Waals surface area contributed by atoms with Gasteiger partial charge in [-0.15, -0.1) is 0 Å². The van der Waals surface area contributed by atoms with Crippen molar-refractivity contribution in [3.63, 3.8) is 0 Å². The maximum absolute atomic E-state index is 10.1. The van der Waals surface area contributed by atoms with Crippen LogP contribution in [0.5, 0.6) is 0 Å². The van der Waals surface area contributed by atoms with E-state index in [1.807, 2.05) is 13.8 Å². The van der Waals surface area contributed by atoms with E-state index in [1.54, 1.807) is 30.3 Å². The molecule has 0 aliphatic heterocycles. The van der Waals surface area contributed by atoms with Gasteiger partial charge in [0.2, 0.25) is 0 Å². The number of hydrogen-bond donors (Lipinski definition) is 2. The van der Waals surface area contributed by atoms with Crippen LogP contribution in [-0.4, -0.2) is 28.3 Å². The first kappa shape index (κ1) is 17.2. The van der Waals surface area contributed by atoms with Gasteiger partial charge in [-0.1, -0.05) is 19.9 Å². The number of carboxylic acid groups (broad SMARTS) is 1. The second-order valence-corrected chi connectivity index (χ2v) is 2.31. The zero-order valence-corrected chi connectivity index (χ0v) is 9.75. The smallest absolute Gasteiger partial charge is 0.307 e. The zero-order chi connectivity index (χ0) is 13.5. The number of aliphatic hydroxyl groups excluding tert-OH is 1. The minimum atomic E-state index is -0.826. The summed E-state index contributed by atoms with van der Waals surface area (Å²) in [6.45, 7) is 4.00. The molecule has 0 saturated heterocycles. The number of aliphatic carboxylic acids is 1. The van der Waals surface area contributed by atoms with Gasteiger partial charge in [0.25, 0.3) is 0 Å². The summed E-state index contributed by atoms with van der Waals surface area (Å²) < 4.78 is 9.07. The van der Waals surface area contributed by atoms with Crippen molar-refractivity contribution >= 4 is 13.1 Å². The molecule has 0 aliphatic rings. The van der Waals surface area contributed by atoms with Crippen LogP contribution in [0.2, 0.25) is 0 Å². The number of carbonyl (C=O) groups is 1. The molecule has 0 radical (unpaired) electrons. The number of rotatable bonds is 2. The SMILES string of the molecule is CC.O=BC#CO.O=C(O)Cc1cccnc1. The fourth-order valence-electron chi connectivity index (χ4n) is 0.704. The van der Waals surface area contributed by atoms with Crippen LogP contribution in [0.4, 0.5) is 0 Å². The molecule has 0 unspecified atom stereocenters. The second kappa shape index (κ2) is 13.8. The molecule has 0 spiro atoms. The summed E-state index contributed by atoms with van der Waals surface area (Å²) in [5, 5.41) is 15.8. The topological polar surface area (TPSA) is 87.5 Å². The summed E-state index contributed by atoms with van der Waals surface area (Å²) in [7, 11) is 0.319. The molecule has 0 amide bonds. The van der Waals surface area contributed by atoms with Gasteiger partial charge < -0.3 is 5.11 Å². The largest absolute Gasteiger partial charge is 0.481 e. The van der Waals surface area contributed by atoms with Gasteiger partial charge in [-0.2, -0.15) is 0 Å². The van der Waals surface area contributed by atoms with Crippen molar-refractivity contribution in [2.75, 3.05) is 0 Å². The molecule has 90 valence electrons. The Bertz CT molecular complexity index is 370. The van der Waals surface area contributed by atoms with Crippen molar-refractivity contribution in [2.24, 2.45) is 0 Å². The third-order valence-electron chi connectivity index (χ3n) is 1.20. The monoisotopic (exact) mass is 235 g/mol.